The summed E-state index contributed by atoms with van der Waals surface area (Å²) in [5.74, 6) is 3.19. The van der Waals surface area contributed by atoms with Gasteiger partial charge in [-0.1, -0.05) is 24.4 Å². The maximum Gasteiger partial charge on any atom is 0.135 e. The van der Waals surface area contributed by atoms with Crippen molar-refractivity contribution >= 4 is 17.4 Å². The van der Waals surface area contributed by atoms with Crippen molar-refractivity contribution < 1.29 is 0 Å². The summed E-state index contributed by atoms with van der Waals surface area (Å²) >= 11 is 6.03. The maximum absolute atomic E-state index is 6.03. The zero-order valence-corrected chi connectivity index (χ0v) is 10.7. The first-order valence-electron chi connectivity index (χ1n) is 6.59. The molecule has 4 heteroatoms. The van der Waals surface area contributed by atoms with Gasteiger partial charge in [0.2, 0.25) is 0 Å². The molecule has 3 nitrogen and oxygen atoms in total. The summed E-state index contributed by atoms with van der Waals surface area (Å²) in [5.41, 5.74) is 0. The minimum atomic E-state index is 0.556. The standard InChI is InChI=1S/C13H18ClN3/c14-11-7-12(15-8-9-3-1-2-4-9)17-13(16-11)10-5-6-10/h7,9-10H,1-6,8H2,(H,15,16,17). The minimum absolute atomic E-state index is 0.556. The fraction of sp³-hybridized carbons (Fsp3) is 0.692. The molecule has 0 saturated heterocycles. The second-order valence-corrected chi connectivity index (χ2v) is 5.63. The molecule has 3 rings (SSSR count). The zero-order chi connectivity index (χ0) is 11.7. The van der Waals surface area contributed by atoms with E-state index in [4.69, 9.17) is 11.6 Å². The Bertz CT molecular complexity index is 398. The molecule has 1 heterocycles. The summed E-state index contributed by atoms with van der Waals surface area (Å²) in [7, 11) is 0. The largest absolute Gasteiger partial charge is 0.370 e. The van der Waals surface area contributed by atoms with Crippen molar-refractivity contribution in [1.82, 2.24) is 9.97 Å². The summed E-state index contributed by atoms with van der Waals surface area (Å²) in [4.78, 5) is 8.84. The van der Waals surface area contributed by atoms with Gasteiger partial charge in [0.25, 0.3) is 0 Å². The van der Waals surface area contributed by atoms with E-state index in [2.05, 4.69) is 15.3 Å². The Hall–Kier alpha value is -0.830. The van der Waals surface area contributed by atoms with Crippen LogP contribution < -0.4 is 5.32 Å². The van der Waals surface area contributed by atoms with E-state index in [9.17, 15) is 0 Å². The van der Waals surface area contributed by atoms with Crippen molar-refractivity contribution in [2.45, 2.75) is 44.4 Å². The molecule has 0 amide bonds. The van der Waals surface area contributed by atoms with Crippen molar-refractivity contribution in [3.8, 4) is 0 Å². The van der Waals surface area contributed by atoms with Gasteiger partial charge in [-0.3, -0.25) is 0 Å². The van der Waals surface area contributed by atoms with Crippen LogP contribution in [-0.2, 0) is 0 Å². The molecule has 0 unspecified atom stereocenters. The molecular weight excluding hydrogens is 234 g/mol. The summed E-state index contributed by atoms with van der Waals surface area (Å²) in [6.07, 6.45) is 7.88. The van der Waals surface area contributed by atoms with E-state index < -0.39 is 0 Å². The Balaban J connectivity index is 1.64. The zero-order valence-electron chi connectivity index (χ0n) is 9.95. The smallest absolute Gasteiger partial charge is 0.135 e. The van der Waals surface area contributed by atoms with Gasteiger partial charge in [-0.25, -0.2) is 9.97 Å². The first-order valence-corrected chi connectivity index (χ1v) is 6.97. The average molecular weight is 252 g/mol. The lowest BCUT2D eigenvalue weighted by molar-refractivity contribution is 0.578. The average Bonchev–Trinajstić information content (AvgIpc) is 3.04. The van der Waals surface area contributed by atoms with Gasteiger partial charge in [0, 0.05) is 18.5 Å². The molecule has 2 aliphatic carbocycles. The molecule has 1 aromatic heterocycles. The second-order valence-electron chi connectivity index (χ2n) is 5.24. The van der Waals surface area contributed by atoms with Gasteiger partial charge in [-0.2, -0.15) is 0 Å². The first kappa shape index (κ1) is 11.3. The summed E-state index contributed by atoms with van der Waals surface area (Å²) in [6, 6.07) is 1.84. The molecular formula is C13H18ClN3. The molecule has 0 atom stereocenters. The third kappa shape index (κ3) is 2.89. The van der Waals surface area contributed by atoms with Crippen LogP contribution in [0.5, 0.6) is 0 Å². The van der Waals surface area contributed by atoms with E-state index in [1.165, 1.54) is 38.5 Å². The van der Waals surface area contributed by atoms with Crippen LogP contribution in [0.3, 0.4) is 0 Å². The van der Waals surface area contributed by atoms with Crippen LogP contribution in [0.1, 0.15) is 50.3 Å². The Morgan fingerprint density at radius 1 is 1.18 bits per heavy atom. The molecule has 2 aliphatic rings. The monoisotopic (exact) mass is 251 g/mol. The Labute approximate surface area is 107 Å². The van der Waals surface area contributed by atoms with E-state index in [0.29, 0.717) is 11.1 Å². The fourth-order valence-electron chi connectivity index (χ4n) is 2.51. The van der Waals surface area contributed by atoms with Crippen LogP contribution in [0.4, 0.5) is 5.82 Å². The molecule has 2 saturated carbocycles. The highest BCUT2D eigenvalue weighted by Gasteiger charge is 2.27. The van der Waals surface area contributed by atoms with Crippen LogP contribution in [-0.4, -0.2) is 16.5 Å². The van der Waals surface area contributed by atoms with Crippen molar-refractivity contribution in [2.24, 2.45) is 5.92 Å². The highest BCUT2D eigenvalue weighted by molar-refractivity contribution is 6.29. The topological polar surface area (TPSA) is 37.8 Å². The molecule has 0 bridgehead atoms. The van der Waals surface area contributed by atoms with Crippen LogP contribution >= 0.6 is 11.6 Å². The molecule has 17 heavy (non-hydrogen) atoms. The van der Waals surface area contributed by atoms with Crippen molar-refractivity contribution in [3.63, 3.8) is 0 Å². The normalized spacial score (nSPS) is 20.8. The van der Waals surface area contributed by atoms with Crippen LogP contribution in [0.2, 0.25) is 5.15 Å². The third-order valence-electron chi connectivity index (χ3n) is 3.70. The van der Waals surface area contributed by atoms with E-state index in [1.54, 1.807) is 0 Å². The summed E-state index contributed by atoms with van der Waals surface area (Å²) in [5, 5.41) is 3.98. The molecule has 2 fully saturated rings. The predicted octanol–water partition coefficient (Wildman–Crippen LogP) is 3.61. The van der Waals surface area contributed by atoms with Crippen LogP contribution in [0.25, 0.3) is 0 Å². The van der Waals surface area contributed by atoms with E-state index >= 15 is 0 Å². The Morgan fingerprint density at radius 2 is 1.94 bits per heavy atom. The minimum Gasteiger partial charge on any atom is -0.370 e. The van der Waals surface area contributed by atoms with E-state index in [0.717, 1.165) is 24.1 Å². The maximum atomic E-state index is 6.03. The van der Waals surface area contributed by atoms with Crippen LogP contribution in [0.15, 0.2) is 6.07 Å². The number of nitrogens with zero attached hydrogens (tertiary/aromatic N) is 2. The molecule has 0 aromatic carbocycles. The van der Waals surface area contributed by atoms with E-state index in [1.807, 2.05) is 6.07 Å². The number of nitrogens with one attached hydrogen (secondary N) is 1. The molecule has 0 radical (unpaired) electrons. The Morgan fingerprint density at radius 3 is 2.65 bits per heavy atom. The Kier molecular flexibility index (Phi) is 3.19. The lowest BCUT2D eigenvalue weighted by Gasteiger charge is -2.11. The van der Waals surface area contributed by atoms with Gasteiger partial charge in [-0.05, 0) is 31.6 Å². The number of rotatable bonds is 4. The molecule has 0 aliphatic heterocycles. The van der Waals surface area contributed by atoms with Gasteiger partial charge in [0.1, 0.15) is 16.8 Å². The molecule has 1 aromatic rings. The molecule has 1 N–H and O–H groups in total. The van der Waals surface area contributed by atoms with Crippen molar-refractivity contribution in [3.05, 3.63) is 17.0 Å². The number of hydrogen-bond acceptors (Lipinski definition) is 3. The number of hydrogen-bond donors (Lipinski definition) is 1. The SMILES string of the molecule is Clc1cc(NCC2CCCC2)nc(C2CC2)n1. The first-order chi connectivity index (χ1) is 8.31. The van der Waals surface area contributed by atoms with Crippen LogP contribution in [0, 0.1) is 5.92 Å². The van der Waals surface area contributed by atoms with Crippen molar-refractivity contribution in [1.29, 1.82) is 0 Å². The number of halogens is 1. The molecule has 0 spiro atoms. The fourth-order valence-corrected chi connectivity index (χ4v) is 2.70. The predicted molar refractivity (Wildman–Crippen MR) is 69.5 cm³/mol. The third-order valence-corrected chi connectivity index (χ3v) is 3.89. The lowest BCUT2D eigenvalue weighted by atomic mass is 10.1. The van der Waals surface area contributed by atoms with Gasteiger partial charge in [0.15, 0.2) is 0 Å². The van der Waals surface area contributed by atoms with Gasteiger partial charge < -0.3 is 5.32 Å². The van der Waals surface area contributed by atoms with E-state index in [-0.39, 0.29) is 0 Å². The number of aromatic nitrogens is 2. The molecule has 92 valence electrons. The summed E-state index contributed by atoms with van der Waals surface area (Å²) < 4.78 is 0. The highest BCUT2D eigenvalue weighted by atomic mass is 35.5. The second kappa shape index (κ2) is 4.81. The van der Waals surface area contributed by atoms with Gasteiger partial charge in [-0.15, -0.1) is 0 Å². The summed E-state index contributed by atoms with van der Waals surface area (Å²) in [6.45, 7) is 1.03. The highest BCUT2D eigenvalue weighted by Crippen LogP contribution is 2.38. The quantitative estimate of drug-likeness (QED) is 0.831. The van der Waals surface area contributed by atoms with Gasteiger partial charge in [0.05, 0.1) is 0 Å². The van der Waals surface area contributed by atoms with Crippen molar-refractivity contribution in [2.75, 3.05) is 11.9 Å². The lowest BCUT2D eigenvalue weighted by Crippen LogP contribution is -2.12. The van der Waals surface area contributed by atoms with Gasteiger partial charge >= 0.3 is 0 Å². The number of anilines is 1.